The lowest BCUT2D eigenvalue weighted by Gasteiger charge is -2.50. The van der Waals surface area contributed by atoms with Crippen molar-refractivity contribution in [2.24, 2.45) is 17.8 Å². The molecule has 2 fully saturated rings. The first-order valence-corrected chi connectivity index (χ1v) is 20.9. The Labute approximate surface area is 331 Å². The standard InChI is InChI=1S/C54H41N3/c1-32-28-33-26-27-54(39(29-32)30-33)45-17-9-8-16-42(45)48-46(54)24-25-47-49(48)43-22-20-36-12-5-7-15-41(36)52(43)57(47)53-55-50(38-19-18-34-10-2-3-13-37(34)31-38)44-23-21-35-11-4-6-14-40(35)51(44)56-53/h2-25,31-33,39H,26-30H2,1H3. The molecule has 10 aromatic rings. The summed E-state index contributed by atoms with van der Waals surface area (Å²) in [6, 6.07) is 56.4. The topological polar surface area (TPSA) is 30.7 Å². The molecule has 2 heterocycles. The van der Waals surface area contributed by atoms with Gasteiger partial charge < -0.3 is 0 Å². The molecule has 0 radical (unpaired) electrons. The van der Waals surface area contributed by atoms with Crippen LogP contribution in [0, 0.1) is 17.8 Å². The lowest BCUT2D eigenvalue weighted by molar-refractivity contribution is 0.0856. The van der Waals surface area contributed by atoms with Crippen LogP contribution in [-0.4, -0.2) is 14.5 Å². The highest BCUT2D eigenvalue weighted by molar-refractivity contribution is 6.23. The normalized spacial score (nSPS) is 21.3. The minimum atomic E-state index is 0.0538. The van der Waals surface area contributed by atoms with E-state index in [0.717, 1.165) is 39.4 Å². The zero-order valence-electron chi connectivity index (χ0n) is 32.0. The molecule has 13 rings (SSSR count). The highest BCUT2D eigenvalue weighted by Gasteiger charge is 2.53. The summed E-state index contributed by atoms with van der Waals surface area (Å²) in [5.74, 6) is 3.00. The number of aromatic nitrogens is 3. The van der Waals surface area contributed by atoms with E-state index in [9.17, 15) is 0 Å². The first-order chi connectivity index (χ1) is 28.1. The zero-order chi connectivity index (χ0) is 37.4. The molecule has 0 saturated heterocycles. The van der Waals surface area contributed by atoms with Crippen LogP contribution in [0.3, 0.4) is 0 Å². The van der Waals surface area contributed by atoms with Gasteiger partial charge in [0.15, 0.2) is 0 Å². The summed E-state index contributed by atoms with van der Waals surface area (Å²) < 4.78 is 2.41. The largest absolute Gasteiger partial charge is 0.277 e. The van der Waals surface area contributed by atoms with Gasteiger partial charge in [0.05, 0.1) is 22.2 Å². The molecule has 0 amide bonds. The van der Waals surface area contributed by atoms with E-state index in [4.69, 9.17) is 9.97 Å². The molecule has 2 aromatic heterocycles. The van der Waals surface area contributed by atoms with Crippen molar-refractivity contribution >= 4 is 65.0 Å². The third kappa shape index (κ3) is 4.32. The van der Waals surface area contributed by atoms with Crippen LogP contribution in [0.4, 0.5) is 0 Å². The number of hydrogen-bond donors (Lipinski definition) is 0. The average Bonchev–Trinajstić information content (AvgIpc) is 3.75. The second-order valence-corrected chi connectivity index (χ2v) is 17.4. The molecule has 3 aliphatic rings. The van der Waals surface area contributed by atoms with Gasteiger partial charge >= 0.3 is 0 Å². The molecule has 4 unspecified atom stereocenters. The maximum atomic E-state index is 5.66. The van der Waals surface area contributed by atoms with Gasteiger partial charge in [-0.15, -0.1) is 0 Å². The van der Waals surface area contributed by atoms with E-state index in [2.05, 4.69) is 163 Å². The fraction of sp³-hybridized carbons (Fsp3) is 0.185. The molecule has 8 aromatic carbocycles. The van der Waals surface area contributed by atoms with E-state index in [1.165, 1.54) is 92.0 Å². The predicted octanol–water partition coefficient (Wildman–Crippen LogP) is 14.0. The Hall–Kier alpha value is -6.32. The molecule has 0 N–H and O–H groups in total. The molecule has 3 nitrogen and oxygen atoms in total. The van der Waals surface area contributed by atoms with Crippen LogP contribution >= 0.6 is 0 Å². The maximum absolute atomic E-state index is 5.66. The molecule has 2 saturated carbocycles. The highest BCUT2D eigenvalue weighted by atomic mass is 15.2. The highest BCUT2D eigenvalue weighted by Crippen LogP contribution is 2.64. The van der Waals surface area contributed by atoms with Crippen LogP contribution < -0.4 is 0 Å². The lowest BCUT2D eigenvalue weighted by Crippen LogP contribution is -2.44. The Morgan fingerprint density at radius 2 is 1.30 bits per heavy atom. The van der Waals surface area contributed by atoms with Gasteiger partial charge in [-0.25, -0.2) is 9.97 Å². The van der Waals surface area contributed by atoms with Gasteiger partial charge in [-0.3, -0.25) is 4.57 Å². The Morgan fingerprint density at radius 3 is 2.18 bits per heavy atom. The number of fused-ring (bicyclic) bond motifs is 18. The van der Waals surface area contributed by atoms with Gasteiger partial charge in [-0.1, -0.05) is 140 Å². The molecule has 272 valence electrons. The SMILES string of the molecule is CC1CC2CCC3(c4ccccc4-c4c3ccc3c4c4ccc5ccccc5c4n3-c3nc(-c4ccc5ccccc5c4)c4ccc5ccccc5c4n3)C(C1)C2. The van der Waals surface area contributed by atoms with Crippen LogP contribution in [0.15, 0.2) is 152 Å². The molecule has 57 heavy (non-hydrogen) atoms. The summed E-state index contributed by atoms with van der Waals surface area (Å²) in [5.41, 5.74) is 11.4. The van der Waals surface area contributed by atoms with Crippen molar-refractivity contribution in [3.05, 3.63) is 163 Å². The van der Waals surface area contributed by atoms with Crippen LogP contribution in [-0.2, 0) is 5.41 Å². The van der Waals surface area contributed by atoms with Crippen LogP contribution in [0.5, 0.6) is 0 Å². The summed E-state index contributed by atoms with van der Waals surface area (Å²) in [4.78, 5) is 11.3. The monoisotopic (exact) mass is 731 g/mol. The van der Waals surface area contributed by atoms with E-state index >= 15 is 0 Å². The average molecular weight is 732 g/mol. The zero-order valence-corrected chi connectivity index (χ0v) is 32.0. The minimum absolute atomic E-state index is 0.0538. The van der Waals surface area contributed by atoms with Gasteiger partial charge in [0.25, 0.3) is 0 Å². The summed E-state index contributed by atoms with van der Waals surface area (Å²) in [6.45, 7) is 2.50. The molecule has 4 atom stereocenters. The Bertz CT molecular complexity index is 3330. The fourth-order valence-corrected chi connectivity index (χ4v) is 12.2. The first-order valence-electron chi connectivity index (χ1n) is 20.9. The molecule has 2 bridgehead atoms. The van der Waals surface area contributed by atoms with Crippen molar-refractivity contribution in [3.63, 3.8) is 0 Å². The van der Waals surface area contributed by atoms with E-state index in [-0.39, 0.29) is 5.41 Å². The summed E-state index contributed by atoms with van der Waals surface area (Å²) in [7, 11) is 0. The van der Waals surface area contributed by atoms with Crippen molar-refractivity contribution in [1.82, 2.24) is 14.5 Å². The Morgan fingerprint density at radius 1 is 0.579 bits per heavy atom. The van der Waals surface area contributed by atoms with Crippen molar-refractivity contribution in [2.75, 3.05) is 0 Å². The first kappa shape index (κ1) is 31.8. The maximum Gasteiger partial charge on any atom is 0.235 e. The molecule has 3 heteroatoms. The molecule has 3 aliphatic carbocycles. The third-order valence-electron chi connectivity index (χ3n) is 14.5. The van der Waals surface area contributed by atoms with Gasteiger partial charge in [-0.2, -0.15) is 0 Å². The summed E-state index contributed by atoms with van der Waals surface area (Å²) >= 11 is 0. The second-order valence-electron chi connectivity index (χ2n) is 17.4. The lowest BCUT2D eigenvalue weighted by atomic mass is 9.53. The second kappa shape index (κ2) is 11.6. The minimum Gasteiger partial charge on any atom is -0.277 e. The van der Waals surface area contributed by atoms with Gasteiger partial charge in [0, 0.05) is 37.9 Å². The van der Waals surface area contributed by atoms with Crippen LogP contribution in [0.1, 0.15) is 50.2 Å². The molecular formula is C54H41N3. The third-order valence-corrected chi connectivity index (χ3v) is 14.5. The number of hydrogen-bond acceptors (Lipinski definition) is 2. The molecule has 0 aliphatic heterocycles. The van der Waals surface area contributed by atoms with E-state index in [1.54, 1.807) is 11.1 Å². The fourth-order valence-electron chi connectivity index (χ4n) is 12.2. The number of rotatable bonds is 2. The quantitative estimate of drug-likeness (QED) is 0.166. The van der Waals surface area contributed by atoms with Crippen molar-refractivity contribution in [3.8, 4) is 28.3 Å². The van der Waals surface area contributed by atoms with Gasteiger partial charge in [-0.05, 0) is 112 Å². The Balaban J connectivity index is 1.17. The van der Waals surface area contributed by atoms with E-state index < -0.39 is 0 Å². The Kier molecular flexibility index (Phi) is 6.49. The van der Waals surface area contributed by atoms with Gasteiger partial charge in [0.2, 0.25) is 5.95 Å². The van der Waals surface area contributed by atoms with Crippen molar-refractivity contribution < 1.29 is 0 Å². The predicted molar refractivity (Wildman–Crippen MR) is 237 cm³/mol. The van der Waals surface area contributed by atoms with E-state index in [0.29, 0.717) is 11.9 Å². The van der Waals surface area contributed by atoms with E-state index in [1.807, 2.05) is 0 Å². The van der Waals surface area contributed by atoms with Crippen LogP contribution in [0.2, 0.25) is 0 Å². The number of nitrogens with zero attached hydrogens (tertiary/aromatic N) is 3. The molecular weight excluding hydrogens is 691 g/mol. The summed E-state index contributed by atoms with van der Waals surface area (Å²) in [6.07, 6.45) is 6.60. The smallest absolute Gasteiger partial charge is 0.235 e. The molecule has 1 spiro atoms. The summed E-state index contributed by atoms with van der Waals surface area (Å²) in [5, 5.41) is 10.9. The van der Waals surface area contributed by atoms with Crippen molar-refractivity contribution in [1.29, 1.82) is 0 Å². The van der Waals surface area contributed by atoms with Gasteiger partial charge in [0.1, 0.15) is 0 Å². The van der Waals surface area contributed by atoms with Crippen LogP contribution in [0.25, 0.3) is 93.4 Å². The number of benzene rings is 8. The van der Waals surface area contributed by atoms with Crippen molar-refractivity contribution in [2.45, 2.75) is 44.4 Å².